The molecule has 1 fully saturated rings. The molecular weight excluding hydrogens is 298 g/mol. The van der Waals surface area contributed by atoms with Crippen molar-refractivity contribution in [1.82, 2.24) is 4.98 Å². The Kier molecular flexibility index (Phi) is 5.52. The first-order valence-electron chi connectivity index (χ1n) is 8.00. The van der Waals surface area contributed by atoms with Crippen molar-refractivity contribution < 1.29 is 9.80 Å². The topological polar surface area (TPSA) is 21.8 Å². The molecule has 2 aromatic rings. The monoisotopic (exact) mass is 323 g/mol. The number of rotatable bonds is 6. The summed E-state index contributed by atoms with van der Waals surface area (Å²) in [6, 6.07) is 8.43. The first-order valence-corrected chi connectivity index (χ1v) is 9.81. The number of benzene rings is 1. The van der Waals surface area contributed by atoms with Gasteiger partial charge in [-0.3, -0.25) is 0 Å². The van der Waals surface area contributed by atoms with E-state index in [1.54, 1.807) is 9.80 Å². The first kappa shape index (κ1) is 15.3. The van der Waals surface area contributed by atoms with Gasteiger partial charge in [0.2, 0.25) is 0 Å². The second kappa shape index (κ2) is 7.58. The van der Waals surface area contributed by atoms with Crippen LogP contribution in [0.15, 0.2) is 28.6 Å². The molecule has 1 aliphatic rings. The summed E-state index contributed by atoms with van der Waals surface area (Å²) in [7, 11) is 0. The first-order chi connectivity index (χ1) is 10.3. The lowest BCUT2D eigenvalue weighted by molar-refractivity contribution is -1.01. The molecule has 2 heterocycles. The predicted molar refractivity (Wildman–Crippen MR) is 91.8 cm³/mol. The second-order valence-corrected chi connectivity index (χ2v) is 8.13. The van der Waals surface area contributed by atoms with Crippen LogP contribution in [0.25, 0.3) is 10.2 Å². The van der Waals surface area contributed by atoms with E-state index in [9.17, 15) is 0 Å². The molecule has 3 nitrogen and oxygen atoms in total. The number of quaternary nitrogens is 2. The highest BCUT2D eigenvalue weighted by molar-refractivity contribution is 8.01. The van der Waals surface area contributed by atoms with E-state index in [1.165, 1.54) is 60.5 Å². The number of para-hydroxylation sites is 1. The maximum absolute atomic E-state index is 4.69. The van der Waals surface area contributed by atoms with E-state index in [-0.39, 0.29) is 0 Å². The molecule has 0 unspecified atom stereocenters. The fourth-order valence-electron chi connectivity index (χ4n) is 2.96. The van der Waals surface area contributed by atoms with E-state index in [1.807, 2.05) is 23.1 Å². The van der Waals surface area contributed by atoms with Gasteiger partial charge in [0.05, 0.1) is 23.3 Å². The Morgan fingerprint density at radius 1 is 1.14 bits per heavy atom. The van der Waals surface area contributed by atoms with E-state index in [0.29, 0.717) is 0 Å². The van der Waals surface area contributed by atoms with Crippen LogP contribution in [0.3, 0.4) is 0 Å². The fourth-order valence-corrected chi connectivity index (χ4v) is 5.03. The van der Waals surface area contributed by atoms with Crippen LogP contribution < -0.4 is 9.80 Å². The van der Waals surface area contributed by atoms with Crippen LogP contribution in [0, 0.1) is 0 Å². The van der Waals surface area contributed by atoms with E-state index < -0.39 is 0 Å². The zero-order chi connectivity index (χ0) is 14.5. The summed E-state index contributed by atoms with van der Waals surface area (Å²) < 4.78 is 2.54. The number of nitrogens with one attached hydrogen (secondary N) is 2. The lowest BCUT2D eigenvalue weighted by Gasteiger charge is -2.28. The molecule has 0 radical (unpaired) electrons. The highest BCUT2D eigenvalue weighted by Gasteiger charge is 2.20. The van der Waals surface area contributed by atoms with E-state index >= 15 is 0 Å². The van der Waals surface area contributed by atoms with Crippen molar-refractivity contribution in [2.45, 2.75) is 17.7 Å². The quantitative estimate of drug-likeness (QED) is 0.600. The van der Waals surface area contributed by atoms with Gasteiger partial charge in [-0.2, -0.15) is 0 Å². The summed E-state index contributed by atoms with van der Waals surface area (Å²) in [5, 5.41) is 0. The molecule has 0 aliphatic carbocycles. The van der Waals surface area contributed by atoms with Gasteiger partial charge in [-0.1, -0.05) is 23.9 Å². The van der Waals surface area contributed by atoms with Gasteiger partial charge in [-0.25, -0.2) is 4.98 Å². The maximum atomic E-state index is 4.69. The highest BCUT2D eigenvalue weighted by Crippen LogP contribution is 2.29. The molecule has 3 rings (SSSR count). The lowest BCUT2D eigenvalue weighted by atomic mass is 10.3. The molecule has 0 bridgehead atoms. The van der Waals surface area contributed by atoms with E-state index in [2.05, 4.69) is 36.2 Å². The molecular formula is C16H25N3S2+2. The second-order valence-electron chi connectivity index (χ2n) is 5.75. The molecule has 0 saturated carbocycles. The number of thiazole rings is 1. The third-order valence-corrected chi connectivity index (χ3v) is 6.60. The van der Waals surface area contributed by atoms with Gasteiger partial charge in [0.15, 0.2) is 4.34 Å². The average Bonchev–Trinajstić information content (AvgIpc) is 2.95. The molecule has 1 aliphatic heterocycles. The van der Waals surface area contributed by atoms with E-state index in [0.717, 1.165) is 5.52 Å². The van der Waals surface area contributed by atoms with Crippen molar-refractivity contribution in [3.63, 3.8) is 0 Å². The lowest BCUT2D eigenvalue weighted by Crippen LogP contribution is -3.28. The summed E-state index contributed by atoms with van der Waals surface area (Å²) >= 11 is 3.76. The molecule has 1 aromatic heterocycles. The molecule has 114 valence electrons. The molecule has 1 saturated heterocycles. The summed E-state index contributed by atoms with van der Waals surface area (Å²) in [5.41, 5.74) is 1.15. The number of nitrogens with zero attached hydrogens (tertiary/aromatic N) is 1. The number of thioether (sulfide) groups is 1. The third kappa shape index (κ3) is 4.19. The molecule has 0 atom stereocenters. The smallest absolute Gasteiger partial charge is 0.151 e. The van der Waals surface area contributed by atoms with E-state index in [4.69, 9.17) is 0 Å². The Bertz CT molecular complexity index is 528. The fraction of sp³-hybridized carbons (Fsp3) is 0.562. The Hall–Kier alpha value is -0.620. The van der Waals surface area contributed by atoms with Gasteiger partial charge in [-0.15, -0.1) is 11.3 Å². The van der Waals surface area contributed by atoms with Crippen LogP contribution in [-0.4, -0.2) is 50.0 Å². The van der Waals surface area contributed by atoms with Crippen molar-refractivity contribution in [2.24, 2.45) is 0 Å². The number of fused-ring (bicyclic) bond motifs is 1. The summed E-state index contributed by atoms with van der Waals surface area (Å²) in [6.45, 7) is 10.3. The highest BCUT2D eigenvalue weighted by atomic mass is 32.2. The van der Waals surface area contributed by atoms with Crippen molar-refractivity contribution in [3.8, 4) is 0 Å². The van der Waals surface area contributed by atoms with Gasteiger partial charge < -0.3 is 9.80 Å². The minimum absolute atomic E-state index is 1.15. The summed E-state index contributed by atoms with van der Waals surface area (Å²) in [4.78, 5) is 8.27. The van der Waals surface area contributed by atoms with Crippen molar-refractivity contribution >= 4 is 33.3 Å². The SMILES string of the molecule is CC[NH+]1CC[NH+](CCCSc2nc3ccccc3s2)CC1. The van der Waals surface area contributed by atoms with Crippen LogP contribution in [0.4, 0.5) is 0 Å². The Balaban J connectivity index is 1.38. The minimum atomic E-state index is 1.15. The van der Waals surface area contributed by atoms with Gasteiger partial charge >= 0.3 is 0 Å². The van der Waals surface area contributed by atoms with Crippen molar-refractivity contribution in [2.75, 3.05) is 45.0 Å². The zero-order valence-electron chi connectivity index (χ0n) is 12.7. The molecule has 1 aromatic carbocycles. The van der Waals surface area contributed by atoms with Crippen LogP contribution in [0.1, 0.15) is 13.3 Å². The van der Waals surface area contributed by atoms with Crippen LogP contribution in [0.5, 0.6) is 0 Å². The third-order valence-electron chi connectivity index (χ3n) is 4.34. The number of hydrogen-bond acceptors (Lipinski definition) is 3. The summed E-state index contributed by atoms with van der Waals surface area (Å²) in [6.07, 6.45) is 1.30. The molecule has 5 heteroatoms. The number of hydrogen-bond donors (Lipinski definition) is 2. The van der Waals surface area contributed by atoms with Gasteiger partial charge in [0.25, 0.3) is 0 Å². The van der Waals surface area contributed by atoms with Gasteiger partial charge in [-0.05, 0) is 19.1 Å². The predicted octanol–water partition coefficient (Wildman–Crippen LogP) is 0.582. The number of aromatic nitrogens is 1. The maximum Gasteiger partial charge on any atom is 0.151 e. The molecule has 0 spiro atoms. The van der Waals surface area contributed by atoms with Crippen molar-refractivity contribution in [3.05, 3.63) is 24.3 Å². The minimum Gasteiger partial charge on any atom is -0.326 e. The average molecular weight is 324 g/mol. The molecule has 0 amide bonds. The zero-order valence-corrected chi connectivity index (χ0v) is 14.4. The Morgan fingerprint density at radius 2 is 1.90 bits per heavy atom. The standard InChI is InChI=1S/C16H23N3S2/c1-2-18-9-11-19(12-10-18)8-5-13-20-16-17-14-6-3-4-7-15(14)21-16/h3-4,6-7H,2,5,8-13H2,1H3/p+2. The van der Waals surface area contributed by atoms with Gasteiger partial charge in [0, 0.05) is 12.2 Å². The molecule has 2 N–H and O–H groups in total. The molecule has 21 heavy (non-hydrogen) atoms. The Labute approximate surface area is 135 Å². The van der Waals surface area contributed by atoms with Gasteiger partial charge in [0.1, 0.15) is 26.2 Å². The van der Waals surface area contributed by atoms with Crippen LogP contribution >= 0.6 is 23.1 Å². The van der Waals surface area contributed by atoms with Crippen LogP contribution in [-0.2, 0) is 0 Å². The Morgan fingerprint density at radius 3 is 2.67 bits per heavy atom. The number of piperazine rings is 1. The summed E-state index contributed by atoms with van der Waals surface area (Å²) in [5.74, 6) is 1.20. The largest absolute Gasteiger partial charge is 0.326 e. The van der Waals surface area contributed by atoms with Crippen molar-refractivity contribution in [1.29, 1.82) is 0 Å². The normalized spacial score (nSPS) is 22.7. The number of likely N-dealkylation sites (N-methyl/N-ethyl adjacent to an activating group) is 1. The van der Waals surface area contributed by atoms with Crippen LogP contribution in [0.2, 0.25) is 0 Å².